The summed E-state index contributed by atoms with van der Waals surface area (Å²) in [5, 5.41) is 0. The summed E-state index contributed by atoms with van der Waals surface area (Å²) in [5.74, 6) is -0.168. The fourth-order valence-corrected chi connectivity index (χ4v) is 4.08. The van der Waals surface area contributed by atoms with Crippen LogP contribution in [0.1, 0.15) is 30.5 Å². The zero-order valence-corrected chi connectivity index (χ0v) is 14.4. The first-order valence-corrected chi connectivity index (χ1v) is 9.04. The van der Waals surface area contributed by atoms with E-state index in [0.29, 0.717) is 5.41 Å². The van der Waals surface area contributed by atoms with Crippen LogP contribution in [0.25, 0.3) is 0 Å². The molecule has 1 spiro atoms. The van der Waals surface area contributed by atoms with Gasteiger partial charge in [0.2, 0.25) is 0 Å². The third kappa shape index (κ3) is 4.05. The quantitative estimate of drug-likeness (QED) is 0.856. The van der Waals surface area contributed by atoms with E-state index in [9.17, 15) is 4.39 Å². The minimum Gasteiger partial charge on any atom is -0.377 e. The molecule has 2 aliphatic heterocycles. The molecule has 2 aromatic rings. The van der Waals surface area contributed by atoms with Gasteiger partial charge in [-0.15, -0.1) is 0 Å². The average Bonchev–Trinajstić information content (AvgIpc) is 3.02. The summed E-state index contributed by atoms with van der Waals surface area (Å²) in [6.45, 7) is 3.93. The van der Waals surface area contributed by atoms with E-state index in [2.05, 4.69) is 14.9 Å². The van der Waals surface area contributed by atoms with Crippen molar-refractivity contribution in [2.24, 2.45) is 5.41 Å². The van der Waals surface area contributed by atoms with Gasteiger partial charge in [0.05, 0.1) is 18.4 Å². The van der Waals surface area contributed by atoms with E-state index in [1.165, 1.54) is 18.4 Å². The topological polar surface area (TPSA) is 38.2 Å². The molecule has 4 nitrogen and oxygen atoms in total. The SMILES string of the molecule is Fc1ccc(CN2CCC3(CC2)CO[C@H](Cc2cnccn2)C3)cc1. The van der Waals surface area contributed by atoms with E-state index in [0.717, 1.165) is 44.8 Å². The molecule has 5 heteroatoms. The highest BCUT2D eigenvalue weighted by Gasteiger charge is 2.42. The average molecular weight is 341 g/mol. The van der Waals surface area contributed by atoms with E-state index >= 15 is 0 Å². The number of benzene rings is 1. The van der Waals surface area contributed by atoms with Crippen LogP contribution in [0.4, 0.5) is 4.39 Å². The molecule has 0 aliphatic carbocycles. The Balaban J connectivity index is 1.29. The summed E-state index contributed by atoms with van der Waals surface area (Å²) in [6, 6.07) is 6.86. The Morgan fingerprint density at radius 3 is 2.68 bits per heavy atom. The monoisotopic (exact) mass is 341 g/mol. The van der Waals surface area contributed by atoms with Crippen LogP contribution in [-0.4, -0.2) is 40.7 Å². The third-order valence-electron chi connectivity index (χ3n) is 5.58. The van der Waals surface area contributed by atoms with Crippen LogP contribution >= 0.6 is 0 Å². The molecule has 1 aromatic heterocycles. The van der Waals surface area contributed by atoms with Crippen LogP contribution in [0.2, 0.25) is 0 Å². The van der Waals surface area contributed by atoms with Gasteiger partial charge in [-0.1, -0.05) is 12.1 Å². The van der Waals surface area contributed by atoms with Crippen LogP contribution in [0.5, 0.6) is 0 Å². The van der Waals surface area contributed by atoms with Crippen molar-refractivity contribution in [3.05, 3.63) is 59.9 Å². The van der Waals surface area contributed by atoms with Crippen molar-refractivity contribution in [1.29, 1.82) is 0 Å². The van der Waals surface area contributed by atoms with Gasteiger partial charge in [0.1, 0.15) is 5.82 Å². The van der Waals surface area contributed by atoms with Gasteiger partial charge in [-0.05, 0) is 55.5 Å². The van der Waals surface area contributed by atoms with E-state index in [1.54, 1.807) is 24.5 Å². The maximum Gasteiger partial charge on any atom is 0.123 e. The van der Waals surface area contributed by atoms with Crippen LogP contribution in [-0.2, 0) is 17.7 Å². The normalized spacial score (nSPS) is 23.2. The molecule has 0 bridgehead atoms. The molecule has 0 radical (unpaired) electrons. The number of piperidine rings is 1. The van der Waals surface area contributed by atoms with E-state index < -0.39 is 0 Å². The van der Waals surface area contributed by atoms with E-state index in [1.807, 2.05) is 18.3 Å². The second kappa shape index (κ2) is 7.18. The minimum absolute atomic E-state index is 0.168. The molecular weight excluding hydrogens is 317 g/mol. The molecule has 1 atom stereocenters. The summed E-state index contributed by atoms with van der Waals surface area (Å²) in [7, 11) is 0. The standard InChI is InChI=1S/C20H24FN3O/c21-17-3-1-16(2-4-17)14-24-9-5-20(6-10-24)12-19(25-15-20)11-18-13-22-7-8-23-18/h1-4,7-8,13,19H,5-6,9-12,14-15H2/t19-/m1/s1. The Morgan fingerprint density at radius 1 is 1.16 bits per heavy atom. The van der Waals surface area contributed by atoms with Crippen molar-refractivity contribution < 1.29 is 9.13 Å². The summed E-state index contributed by atoms with van der Waals surface area (Å²) >= 11 is 0. The molecule has 0 amide bonds. The predicted molar refractivity (Wildman–Crippen MR) is 93.4 cm³/mol. The van der Waals surface area contributed by atoms with Gasteiger partial charge in [0, 0.05) is 31.6 Å². The first kappa shape index (κ1) is 16.6. The summed E-state index contributed by atoms with van der Waals surface area (Å²) in [4.78, 5) is 11.0. The fraction of sp³-hybridized carbons (Fsp3) is 0.500. The van der Waals surface area contributed by atoms with Crippen LogP contribution in [0, 0.1) is 11.2 Å². The van der Waals surface area contributed by atoms with Crippen molar-refractivity contribution in [3.63, 3.8) is 0 Å². The highest BCUT2D eigenvalue weighted by atomic mass is 19.1. The molecule has 3 heterocycles. The lowest BCUT2D eigenvalue weighted by molar-refractivity contribution is 0.0629. The van der Waals surface area contributed by atoms with E-state index in [-0.39, 0.29) is 11.9 Å². The first-order valence-electron chi connectivity index (χ1n) is 9.04. The Bertz CT molecular complexity index is 684. The summed E-state index contributed by atoms with van der Waals surface area (Å²) in [6.07, 6.45) is 9.87. The molecule has 0 N–H and O–H groups in total. The Kier molecular flexibility index (Phi) is 4.77. The molecular formula is C20H24FN3O. The lowest BCUT2D eigenvalue weighted by Gasteiger charge is -2.38. The Morgan fingerprint density at radius 2 is 1.96 bits per heavy atom. The smallest absolute Gasteiger partial charge is 0.123 e. The van der Waals surface area contributed by atoms with Gasteiger partial charge in [0.25, 0.3) is 0 Å². The van der Waals surface area contributed by atoms with Gasteiger partial charge < -0.3 is 4.74 Å². The van der Waals surface area contributed by atoms with Crippen molar-refractivity contribution in [1.82, 2.24) is 14.9 Å². The predicted octanol–water partition coefficient (Wildman–Crippen LogP) is 3.23. The third-order valence-corrected chi connectivity index (χ3v) is 5.58. The van der Waals surface area contributed by atoms with Gasteiger partial charge >= 0.3 is 0 Å². The van der Waals surface area contributed by atoms with Crippen molar-refractivity contribution in [2.75, 3.05) is 19.7 Å². The van der Waals surface area contributed by atoms with Crippen molar-refractivity contribution >= 4 is 0 Å². The molecule has 0 unspecified atom stereocenters. The number of hydrogen-bond donors (Lipinski definition) is 0. The van der Waals surface area contributed by atoms with Crippen LogP contribution in [0.3, 0.4) is 0 Å². The molecule has 132 valence electrons. The summed E-state index contributed by atoms with van der Waals surface area (Å²) in [5.41, 5.74) is 2.52. The largest absolute Gasteiger partial charge is 0.377 e. The molecule has 2 fully saturated rings. The zero-order chi connectivity index (χ0) is 17.1. The minimum atomic E-state index is -0.168. The molecule has 4 rings (SSSR count). The van der Waals surface area contributed by atoms with Gasteiger partial charge in [0.15, 0.2) is 0 Å². The van der Waals surface area contributed by atoms with Gasteiger partial charge in [-0.3, -0.25) is 14.9 Å². The van der Waals surface area contributed by atoms with Gasteiger partial charge in [-0.2, -0.15) is 0 Å². The Hall–Kier alpha value is -1.85. The number of hydrogen-bond acceptors (Lipinski definition) is 4. The Labute approximate surface area is 148 Å². The first-order chi connectivity index (χ1) is 12.2. The molecule has 0 saturated carbocycles. The number of nitrogens with zero attached hydrogens (tertiary/aromatic N) is 3. The molecule has 25 heavy (non-hydrogen) atoms. The molecule has 2 aliphatic rings. The molecule has 2 saturated heterocycles. The highest BCUT2D eigenvalue weighted by molar-refractivity contribution is 5.16. The highest BCUT2D eigenvalue weighted by Crippen LogP contribution is 2.42. The summed E-state index contributed by atoms with van der Waals surface area (Å²) < 4.78 is 19.1. The second-order valence-electron chi connectivity index (χ2n) is 7.44. The number of halogens is 1. The number of likely N-dealkylation sites (tertiary alicyclic amines) is 1. The van der Waals surface area contributed by atoms with Crippen LogP contribution < -0.4 is 0 Å². The lowest BCUT2D eigenvalue weighted by atomic mass is 9.76. The zero-order valence-electron chi connectivity index (χ0n) is 14.4. The fourth-order valence-electron chi connectivity index (χ4n) is 4.08. The number of ether oxygens (including phenoxy) is 1. The number of aromatic nitrogens is 2. The maximum atomic E-state index is 13.0. The lowest BCUT2D eigenvalue weighted by Crippen LogP contribution is -2.40. The van der Waals surface area contributed by atoms with Crippen molar-refractivity contribution in [2.45, 2.75) is 38.3 Å². The van der Waals surface area contributed by atoms with Gasteiger partial charge in [-0.25, -0.2) is 4.39 Å². The second-order valence-corrected chi connectivity index (χ2v) is 7.44. The van der Waals surface area contributed by atoms with Crippen LogP contribution in [0.15, 0.2) is 42.9 Å². The van der Waals surface area contributed by atoms with Crippen molar-refractivity contribution in [3.8, 4) is 0 Å². The van der Waals surface area contributed by atoms with E-state index in [4.69, 9.17) is 4.74 Å². The number of rotatable bonds is 4. The molecule has 1 aromatic carbocycles. The maximum absolute atomic E-state index is 13.0.